The van der Waals surface area contributed by atoms with Crippen molar-refractivity contribution in [2.24, 2.45) is 0 Å². The van der Waals surface area contributed by atoms with Gasteiger partial charge in [0, 0.05) is 4.88 Å². The number of aryl methyl sites for hydroxylation is 2. The minimum absolute atomic E-state index is 0.0727. The zero-order chi connectivity index (χ0) is 13.4. The molecule has 0 saturated heterocycles. The topological polar surface area (TPSA) is 92.3 Å². The van der Waals surface area contributed by atoms with Gasteiger partial charge in [-0.3, -0.25) is 0 Å². The second-order valence-electron chi connectivity index (χ2n) is 4.32. The summed E-state index contributed by atoms with van der Waals surface area (Å²) in [4.78, 5) is 10.9. The Morgan fingerprint density at radius 3 is 2.89 bits per heavy atom. The van der Waals surface area contributed by atoms with Crippen LogP contribution in [0.1, 0.15) is 29.2 Å². The lowest BCUT2D eigenvalue weighted by Gasteiger charge is -2.11. The number of aromatic amines is 1. The summed E-state index contributed by atoms with van der Waals surface area (Å²) >= 11 is 1.68. The molecule has 7 nitrogen and oxygen atoms in total. The van der Waals surface area contributed by atoms with Crippen molar-refractivity contribution in [1.82, 2.24) is 30.6 Å². The van der Waals surface area contributed by atoms with E-state index < -0.39 is 0 Å². The van der Waals surface area contributed by atoms with Gasteiger partial charge in [0.1, 0.15) is 17.0 Å². The molecule has 98 valence electrons. The number of aromatic nitrogens is 6. The van der Waals surface area contributed by atoms with Crippen LogP contribution in [-0.4, -0.2) is 30.6 Å². The molecule has 3 aromatic heterocycles. The van der Waals surface area contributed by atoms with Gasteiger partial charge < -0.3 is 5.32 Å². The third-order valence-corrected chi connectivity index (χ3v) is 4.18. The van der Waals surface area contributed by atoms with E-state index in [9.17, 15) is 0 Å². The quantitative estimate of drug-likeness (QED) is 0.759. The summed E-state index contributed by atoms with van der Waals surface area (Å²) < 4.78 is 0. The summed E-state index contributed by atoms with van der Waals surface area (Å²) in [6.07, 6.45) is 1.57. The Morgan fingerprint density at radius 1 is 1.32 bits per heavy atom. The Hall–Kier alpha value is -2.09. The summed E-state index contributed by atoms with van der Waals surface area (Å²) in [7, 11) is 0. The molecule has 0 aliphatic carbocycles. The van der Waals surface area contributed by atoms with Gasteiger partial charge in [-0.2, -0.15) is 5.21 Å². The minimum atomic E-state index is -0.0727. The molecule has 0 saturated carbocycles. The van der Waals surface area contributed by atoms with Crippen molar-refractivity contribution in [1.29, 1.82) is 0 Å². The first-order valence-electron chi connectivity index (χ1n) is 5.87. The van der Waals surface area contributed by atoms with Crippen molar-refractivity contribution in [3.05, 3.63) is 22.6 Å². The van der Waals surface area contributed by atoms with E-state index in [0.29, 0.717) is 5.82 Å². The molecule has 0 aliphatic rings. The second-order valence-corrected chi connectivity index (χ2v) is 5.52. The monoisotopic (exact) mass is 275 g/mol. The molecular formula is C11H13N7S. The van der Waals surface area contributed by atoms with E-state index in [0.717, 1.165) is 16.0 Å². The molecule has 0 aromatic carbocycles. The highest BCUT2D eigenvalue weighted by atomic mass is 32.1. The molecule has 3 aromatic rings. The third kappa shape index (κ3) is 2.03. The lowest BCUT2D eigenvalue weighted by atomic mass is 10.2. The maximum Gasteiger partial charge on any atom is 0.196 e. The van der Waals surface area contributed by atoms with Gasteiger partial charge >= 0.3 is 0 Å². The molecule has 0 spiro atoms. The Labute approximate surface area is 113 Å². The number of nitrogens with zero attached hydrogens (tertiary/aromatic N) is 5. The molecular weight excluding hydrogens is 262 g/mol. The summed E-state index contributed by atoms with van der Waals surface area (Å²) in [6, 6.07) is -0.0727. The van der Waals surface area contributed by atoms with Gasteiger partial charge in [-0.15, -0.1) is 21.5 Å². The van der Waals surface area contributed by atoms with E-state index in [-0.39, 0.29) is 6.04 Å². The zero-order valence-corrected chi connectivity index (χ0v) is 11.6. The first-order chi connectivity index (χ1) is 9.16. The molecule has 0 bridgehead atoms. The molecule has 0 radical (unpaired) electrons. The molecule has 3 rings (SSSR count). The Balaban J connectivity index is 2.01. The van der Waals surface area contributed by atoms with E-state index in [1.165, 1.54) is 10.4 Å². The number of H-pyrrole nitrogens is 1. The van der Waals surface area contributed by atoms with Gasteiger partial charge in [-0.25, -0.2) is 9.97 Å². The number of tetrazole rings is 1. The summed E-state index contributed by atoms with van der Waals surface area (Å²) in [5.74, 6) is 1.42. The summed E-state index contributed by atoms with van der Waals surface area (Å²) in [5, 5.41) is 18.3. The second kappa shape index (κ2) is 4.54. The summed E-state index contributed by atoms with van der Waals surface area (Å²) in [6.45, 7) is 6.14. The van der Waals surface area contributed by atoms with E-state index in [4.69, 9.17) is 0 Å². The molecule has 0 fully saturated rings. The van der Waals surface area contributed by atoms with Crippen molar-refractivity contribution in [3.63, 3.8) is 0 Å². The fourth-order valence-electron chi connectivity index (χ4n) is 1.91. The number of anilines is 1. The highest BCUT2D eigenvalue weighted by Crippen LogP contribution is 2.33. The van der Waals surface area contributed by atoms with Gasteiger partial charge in [0.2, 0.25) is 0 Å². The third-order valence-electron chi connectivity index (χ3n) is 3.07. The fourth-order valence-corrected chi connectivity index (χ4v) is 2.91. The van der Waals surface area contributed by atoms with Crippen molar-refractivity contribution in [2.75, 3.05) is 5.32 Å². The lowest BCUT2D eigenvalue weighted by Crippen LogP contribution is -2.10. The number of nitrogens with one attached hydrogen (secondary N) is 2. The van der Waals surface area contributed by atoms with Crippen LogP contribution in [-0.2, 0) is 0 Å². The zero-order valence-electron chi connectivity index (χ0n) is 10.8. The molecule has 19 heavy (non-hydrogen) atoms. The maximum absolute atomic E-state index is 4.33. The molecule has 8 heteroatoms. The van der Waals surface area contributed by atoms with Crippen LogP contribution >= 0.6 is 11.3 Å². The van der Waals surface area contributed by atoms with Crippen LogP contribution in [0.3, 0.4) is 0 Å². The van der Waals surface area contributed by atoms with Crippen molar-refractivity contribution in [3.8, 4) is 0 Å². The van der Waals surface area contributed by atoms with Crippen LogP contribution in [0.5, 0.6) is 0 Å². The van der Waals surface area contributed by atoms with Crippen LogP contribution < -0.4 is 5.32 Å². The van der Waals surface area contributed by atoms with E-state index in [2.05, 4.69) is 49.8 Å². The normalized spacial score (nSPS) is 12.8. The fraction of sp³-hybridized carbons (Fsp3) is 0.364. The Kier molecular flexibility index (Phi) is 2.86. The van der Waals surface area contributed by atoms with Crippen molar-refractivity contribution < 1.29 is 0 Å². The van der Waals surface area contributed by atoms with Gasteiger partial charge in [-0.1, -0.05) is 5.21 Å². The predicted molar refractivity (Wildman–Crippen MR) is 73.1 cm³/mol. The number of rotatable bonds is 3. The largest absolute Gasteiger partial charge is 0.360 e. The number of fused-ring (bicyclic) bond motifs is 1. The lowest BCUT2D eigenvalue weighted by molar-refractivity contribution is 0.789. The van der Waals surface area contributed by atoms with Crippen LogP contribution in [0, 0.1) is 13.8 Å². The van der Waals surface area contributed by atoms with E-state index in [1.807, 2.05) is 6.92 Å². The number of hydrogen-bond donors (Lipinski definition) is 2. The minimum Gasteiger partial charge on any atom is -0.360 e. The van der Waals surface area contributed by atoms with Gasteiger partial charge in [0.05, 0.1) is 11.4 Å². The average molecular weight is 275 g/mol. The molecule has 1 unspecified atom stereocenters. The molecule has 0 amide bonds. The SMILES string of the molecule is Cc1sc2ncnc(NC(C)c3nn[nH]n3)c2c1C. The predicted octanol–water partition coefficient (Wildman–Crippen LogP) is 1.99. The van der Waals surface area contributed by atoms with E-state index >= 15 is 0 Å². The van der Waals surface area contributed by atoms with Gasteiger partial charge in [0.25, 0.3) is 0 Å². The van der Waals surface area contributed by atoms with Crippen LogP contribution in [0.15, 0.2) is 6.33 Å². The number of hydrogen-bond acceptors (Lipinski definition) is 7. The van der Waals surface area contributed by atoms with Crippen LogP contribution in [0.25, 0.3) is 10.2 Å². The molecule has 2 N–H and O–H groups in total. The van der Waals surface area contributed by atoms with Crippen LogP contribution in [0.4, 0.5) is 5.82 Å². The standard InChI is InChI=1S/C11H13N7S/c1-5-7(3)19-11-8(5)10(12-4-13-11)14-6(2)9-15-17-18-16-9/h4,6H,1-3H3,(H,12,13,14)(H,15,16,17,18). The van der Waals surface area contributed by atoms with Gasteiger partial charge in [0.15, 0.2) is 5.82 Å². The molecule has 0 aliphatic heterocycles. The van der Waals surface area contributed by atoms with Crippen LogP contribution in [0.2, 0.25) is 0 Å². The maximum atomic E-state index is 4.33. The number of thiophene rings is 1. The van der Waals surface area contributed by atoms with Gasteiger partial charge in [-0.05, 0) is 26.3 Å². The van der Waals surface area contributed by atoms with E-state index in [1.54, 1.807) is 17.7 Å². The smallest absolute Gasteiger partial charge is 0.196 e. The summed E-state index contributed by atoms with van der Waals surface area (Å²) in [5.41, 5.74) is 1.21. The Bertz CT molecular complexity index is 703. The van der Waals surface area contributed by atoms with Crippen molar-refractivity contribution in [2.45, 2.75) is 26.8 Å². The van der Waals surface area contributed by atoms with Crippen molar-refractivity contribution >= 4 is 27.4 Å². The molecule has 1 atom stereocenters. The first-order valence-corrected chi connectivity index (χ1v) is 6.69. The highest BCUT2D eigenvalue weighted by molar-refractivity contribution is 7.18. The Morgan fingerprint density at radius 2 is 2.16 bits per heavy atom. The first kappa shape index (κ1) is 12.0. The molecule has 3 heterocycles. The highest BCUT2D eigenvalue weighted by Gasteiger charge is 2.16. The average Bonchev–Trinajstić information content (AvgIpc) is 3.00.